The lowest BCUT2D eigenvalue weighted by molar-refractivity contribution is -0.275. The van der Waals surface area contributed by atoms with Gasteiger partial charge in [-0.15, -0.1) is 13.2 Å². The Bertz CT molecular complexity index is 396. The van der Waals surface area contributed by atoms with Crippen LogP contribution in [0.25, 0.3) is 0 Å². The average molecular weight is 314 g/mol. The predicted octanol–water partition coefficient (Wildman–Crippen LogP) is 2.73. The molecule has 0 bridgehead atoms. The molecule has 0 fully saturated rings. The highest BCUT2D eigenvalue weighted by Gasteiger charge is 2.33. The largest absolute Gasteiger partial charge is 0.573 e. The topological polar surface area (TPSA) is 55.5 Å². The number of aliphatic hydroxyl groups excluding tert-OH is 1. The van der Waals surface area contributed by atoms with Gasteiger partial charge in [0, 0.05) is 10.0 Å². The zero-order valence-corrected chi connectivity index (χ0v) is 10.4. The SMILES string of the molecule is C[C@H](O)[C@H](N)c1cc(Br)ccc1OC(F)(F)F. The van der Waals surface area contributed by atoms with E-state index in [1.807, 2.05) is 0 Å². The lowest BCUT2D eigenvalue weighted by atomic mass is 10.0. The second-order valence-electron chi connectivity index (χ2n) is 3.50. The number of nitrogens with two attached hydrogens (primary N) is 1. The summed E-state index contributed by atoms with van der Waals surface area (Å²) >= 11 is 3.12. The third kappa shape index (κ3) is 4.18. The molecule has 2 atom stereocenters. The van der Waals surface area contributed by atoms with Gasteiger partial charge in [-0.05, 0) is 25.1 Å². The maximum absolute atomic E-state index is 12.1. The summed E-state index contributed by atoms with van der Waals surface area (Å²) in [5, 5.41) is 9.31. The molecular formula is C10H11BrF3NO2. The van der Waals surface area contributed by atoms with Gasteiger partial charge >= 0.3 is 6.36 Å². The van der Waals surface area contributed by atoms with E-state index in [1.54, 1.807) is 0 Å². The number of alkyl halides is 3. The van der Waals surface area contributed by atoms with Crippen LogP contribution in [0.3, 0.4) is 0 Å². The summed E-state index contributed by atoms with van der Waals surface area (Å²) in [6.07, 6.45) is -5.78. The Morgan fingerprint density at radius 2 is 2.00 bits per heavy atom. The Kier molecular flexibility index (Phi) is 4.40. The monoisotopic (exact) mass is 313 g/mol. The molecule has 0 unspecified atom stereocenters. The fraction of sp³-hybridized carbons (Fsp3) is 0.400. The number of benzene rings is 1. The van der Waals surface area contributed by atoms with Gasteiger partial charge < -0.3 is 15.6 Å². The van der Waals surface area contributed by atoms with E-state index < -0.39 is 24.3 Å². The minimum atomic E-state index is -4.79. The maximum atomic E-state index is 12.1. The highest BCUT2D eigenvalue weighted by atomic mass is 79.9. The first-order chi connectivity index (χ1) is 7.70. The molecule has 7 heteroatoms. The highest BCUT2D eigenvalue weighted by Crippen LogP contribution is 2.32. The van der Waals surface area contributed by atoms with Crippen LogP contribution in [0.2, 0.25) is 0 Å². The van der Waals surface area contributed by atoms with Gasteiger partial charge in [0.25, 0.3) is 0 Å². The molecular weight excluding hydrogens is 303 g/mol. The zero-order chi connectivity index (χ0) is 13.2. The van der Waals surface area contributed by atoms with Crippen LogP contribution in [0.15, 0.2) is 22.7 Å². The summed E-state index contributed by atoms with van der Waals surface area (Å²) in [6, 6.07) is 2.98. The van der Waals surface area contributed by atoms with Crippen molar-refractivity contribution in [3.8, 4) is 5.75 Å². The van der Waals surface area contributed by atoms with E-state index in [1.165, 1.54) is 19.1 Å². The fourth-order valence-electron chi connectivity index (χ4n) is 1.26. The van der Waals surface area contributed by atoms with Crippen LogP contribution in [0.5, 0.6) is 5.75 Å². The van der Waals surface area contributed by atoms with Crippen molar-refractivity contribution in [3.63, 3.8) is 0 Å². The van der Waals surface area contributed by atoms with Crippen molar-refractivity contribution in [1.82, 2.24) is 0 Å². The summed E-state index contributed by atoms with van der Waals surface area (Å²) in [6.45, 7) is 1.39. The maximum Gasteiger partial charge on any atom is 0.573 e. The van der Waals surface area contributed by atoms with E-state index in [4.69, 9.17) is 5.73 Å². The van der Waals surface area contributed by atoms with Crippen molar-refractivity contribution < 1.29 is 23.0 Å². The third-order valence-corrected chi connectivity index (χ3v) is 2.57. The summed E-state index contributed by atoms with van der Waals surface area (Å²) in [7, 11) is 0. The number of rotatable bonds is 3. The normalized spacial score (nSPS) is 15.5. The molecule has 17 heavy (non-hydrogen) atoms. The Labute approximate surface area is 105 Å². The number of ether oxygens (including phenoxy) is 1. The van der Waals surface area contributed by atoms with Gasteiger partial charge in [-0.3, -0.25) is 0 Å². The molecule has 0 aromatic heterocycles. The summed E-state index contributed by atoms with van der Waals surface area (Å²) < 4.78 is 40.8. The average Bonchev–Trinajstić information content (AvgIpc) is 2.17. The van der Waals surface area contributed by atoms with Crippen molar-refractivity contribution in [2.45, 2.75) is 25.4 Å². The minimum Gasteiger partial charge on any atom is -0.405 e. The zero-order valence-electron chi connectivity index (χ0n) is 8.83. The van der Waals surface area contributed by atoms with Gasteiger partial charge in [-0.1, -0.05) is 15.9 Å². The second-order valence-corrected chi connectivity index (χ2v) is 4.41. The Morgan fingerprint density at radius 1 is 1.41 bits per heavy atom. The molecule has 0 spiro atoms. The van der Waals surface area contributed by atoms with Gasteiger partial charge in [-0.2, -0.15) is 0 Å². The van der Waals surface area contributed by atoms with Gasteiger partial charge in [-0.25, -0.2) is 0 Å². The molecule has 0 saturated heterocycles. The lowest BCUT2D eigenvalue weighted by Gasteiger charge is -2.20. The van der Waals surface area contributed by atoms with Gasteiger partial charge in [0.1, 0.15) is 5.75 Å². The summed E-state index contributed by atoms with van der Waals surface area (Å²) in [5.74, 6) is -0.408. The fourth-order valence-corrected chi connectivity index (χ4v) is 1.64. The van der Waals surface area contributed by atoms with Crippen molar-refractivity contribution in [3.05, 3.63) is 28.2 Å². The molecule has 0 aliphatic heterocycles. The molecule has 0 amide bonds. The molecule has 96 valence electrons. The first-order valence-corrected chi connectivity index (χ1v) is 5.49. The number of aliphatic hydroxyl groups is 1. The van der Waals surface area contributed by atoms with Gasteiger partial charge in [0.05, 0.1) is 12.1 Å². The molecule has 1 rings (SSSR count). The molecule has 3 N–H and O–H groups in total. The van der Waals surface area contributed by atoms with E-state index in [0.29, 0.717) is 4.47 Å². The van der Waals surface area contributed by atoms with E-state index in [2.05, 4.69) is 20.7 Å². The minimum absolute atomic E-state index is 0.0895. The molecule has 3 nitrogen and oxygen atoms in total. The van der Waals surface area contributed by atoms with Crippen LogP contribution in [0.4, 0.5) is 13.2 Å². The van der Waals surface area contributed by atoms with Crippen LogP contribution in [-0.4, -0.2) is 17.6 Å². The van der Waals surface area contributed by atoms with Crippen molar-refractivity contribution in [2.75, 3.05) is 0 Å². The van der Waals surface area contributed by atoms with Crippen molar-refractivity contribution in [1.29, 1.82) is 0 Å². The third-order valence-electron chi connectivity index (χ3n) is 2.08. The lowest BCUT2D eigenvalue weighted by Crippen LogP contribution is -2.26. The van der Waals surface area contributed by atoms with E-state index in [0.717, 1.165) is 6.07 Å². The molecule has 1 aromatic carbocycles. The van der Waals surface area contributed by atoms with Gasteiger partial charge in [0.2, 0.25) is 0 Å². The van der Waals surface area contributed by atoms with Crippen LogP contribution in [-0.2, 0) is 0 Å². The smallest absolute Gasteiger partial charge is 0.405 e. The Balaban J connectivity index is 3.12. The van der Waals surface area contributed by atoms with Crippen LogP contribution in [0.1, 0.15) is 18.5 Å². The molecule has 0 heterocycles. The standard InChI is InChI=1S/C10H11BrF3NO2/c1-5(16)9(15)7-4-6(11)2-3-8(7)17-10(12,13)14/h2-5,9,16H,15H2,1H3/t5-,9-/m0/s1. The van der Waals surface area contributed by atoms with E-state index >= 15 is 0 Å². The Morgan fingerprint density at radius 3 is 2.47 bits per heavy atom. The number of halogens is 4. The van der Waals surface area contributed by atoms with Crippen molar-refractivity contribution in [2.24, 2.45) is 5.73 Å². The first-order valence-electron chi connectivity index (χ1n) is 4.69. The van der Waals surface area contributed by atoms with Crippen LogP contribution >= 0.6 is 15.9 Å². The highest BCUT2D eigenvalue weighted by molar-refractivity contribution is 9.10. The summed E-state index contributed by atoms with van der Waals surface area (Å²) in [5.41, 5.74) is 5.70. The molecule has 0 aliphatic rings. The van der Waals surface area contributed by atoms with Gasteiger partial charge in [0.15, 0.2) is 0 Å². The summed E-state index contributed by atoms with van der Waals surface area (Å²) in [4.78, 5) is 0. The molecule has 0 aliphatic carbocycles. The number of hydrogen-bond donors (Lipinski definition) is 2. The quantitative estimate of drug-likeness (QED) is 0.902. The molecule has 0 radical (unpaired) electrons. The van der Waals surface area contributed by atoms with Crippen LogP contribution < -0.4 is 10.5 Å². The first kappa shape index (κ1) is 14.3. The molecule has 1 aromatic rings. The van der Waals surface area contributed by atoms with Crippen molar-refractivity contribution >= 4 is 15.9 Å². The Hall–Kier alpha value is -0.790. The predicted molar refractivity (Wildman–Crippen MR) is 59.4 cm³/mol. The van der Waals surface area contributed by atoms with E-state index in [-0.39, 0.29) is 5.56 Å². The second kappa shape index (κ2) is 5.24. The van der Waals surface area contributed by atoms with Crippen LogP contribution in [0, 0.1) is 0 Å². The number of hydrogen-bond acceptors (Lipinski definition) is 3. The van der Waals surface area contributed by atoms with E-state index in [9.17, 15) is 18.3 Å². The molecule has 0 saturated carbocycles.